The summed E-state index contributed by atoms with van der Waals surface area (Å²) in [5.74, 6) is -0.712. The summed E-state index contributed by atoms with van der Waals surface area (Å²) in [5, 5.41) is 0.105. The first-order chi connectivity index (χ1) is 9.79. The molecule has 1 aromatic carbocycles. The molecule has 1 amide bonds. The van der Waals surface area contributed by atoms with Crippen molar-refractivity contribution in [3.63, 3.8) is 0 Å². The summed E-state index contributed by atoms with van der Waals surface area (Å²) < 4.78 is 26.5. The molecular weight excluding hydrogens is 318 g/mol. The summed E-state index contributed by atoms with van der Waals surface area (Å²) in [7, 11) is -3.95. The van der Waals surface area contributed by atoms with Crippen LogP contribution in [0.1, 0.15) is 10.4 Å². The topological polar surface area (TPSA) is 122 Å². The number of carbonyl (C=O) groups excluding carboxylic acids is 1. The Bertz CT molecular complexity index is 841. The summed E-state index contributed by atoms with van der Waals surface area (Å²) in [6, 6.07) is 6.19. The molecule has 110 valence electrons. The maximum Gasteiger partial charge on any atom is 0.263 e. The molecule has 0 aliphatic heterocycles. The summed E-state index contributed by atoms with van der Waals surface area (Å²) in [6.45, 7) is 0. The van der Waals surface area contributed by atoms with Gasteiger partial charge in [-0.25, -0.2) is 8.42 Å². The second-order valence-corrected chi connectivity index (χ2v) is 6.14. The van der Waals surface area contributed by atoms with Crippen LogP contribution in [-0.2, 0) is 10.0 Å². The highest BCUT2D eigenvalue weighted by molar-refractivity contribution is 7.92. The van der Waals surface area contributed by atoms with Gasteiger partial charge >= 0.3 is 0 Å². The van der Waals surface area contributed by atoms with Crippen LogP contribution in [0.2, 0.25) is 5.02 Å². The minimum Gasteiger partial charge on any atom is -0.366 e. The molecular formula is C12H10ClN3O4S. The molecule has 0 spiro atoms. The summed E-state index contributed by atoms with van der Waals surface area (Å²) in [5.41, 5.74) is 4.82. The first kappa shape index (κ1) is 15.1. The minimum absolute atomic E-state index is 0.0131. The van der Waals surface area contributed by atoms with Gasteiger partial charge in [0.1, 0.15) is 4.90 Å². The molecule has 9 heteroatoms. The van der Waals surface area contributed by atoms with E-state index in [2.05, 4.69) is 9.71 Å². The van der Waals surface area contributed by atoms with E-state index in [0.717, 1.165) is 18.3 Å². The molecule has 0 aliphatic carbocycles. The number of primary amides is 1. The van der Waals surface area contributed by atoms with E-state index in [1.165, 1.54) is 18.2 Å². The molecule has 0 radical (unpaired) electrons. The van der Waals surface area contributed by atoms with Crippen LogP contribution >= 0.6 is 11.6 Å². The number of benzene rings is 1. The van der Waals surface area contributed by atoms with E-state index in [0.29, 0.717) is 0 Å². The lowest BCUT2D eigenvalue weighted by molar-refractivity contribution is 0.100. The molecule has 0 saturated heterocycles. The third-order valence-electron chi connectivity index (χ3n) is 2.56. The summed E-state index contributed by atoms with van der Waals surface area (Å²) in [4.78, 5) is 24.1. The number of carbonyl (C=O) groups is 1. The largest absolute Gasteiger partial charge is 0.366 e. The van der Waals surface area contributed by atoms with Crippen LogP contribution in [0.4, 0.5) is 5.69 Å². The van der Waals surface area contributed by atoms with Crippen LogP contribution < -0.4 is 16.0 Å². The van der Waals surface area contributed by atoms with Crippen molar-refractivity contribution in [1.82, 2.24) is 4.98 Å². The zero-order valence-electron chi connectivity index (χ0n) is 10.5. The number of anilines is 1. The lowest BCUT2D eigenvalue weighted by Gasteiger charge is -2.10. The number of amides is 1. The Morgan fingerprint density at radius 1 is 1.24 bits per heavy atom. The first-order valence-corrected chi connectivity index (χ1v) is 7.46. The highest BCUT2D eigenvalue weighted by Gasteiger charge is 2.17. The molecule has 0 saturated carbocycles. The zero-order valence-corrected chi connectivity index (χ0v) is 12.0. The number of aromatic amines is 1. The molecule has 0 aliphatic rings. The van der Waals surface area contributed by atoms with Gasteiger partial charge in [0.2, 0.25) is 11.5 Å². The third kappa shape index (κ3) is 3.41. The Morgan fingerprint density at radius 2 is 1.95 bits per heavy atom. The van der Waals surface area contributed by atoms with Gasteiger partial charge in [0.15, 0.2) is 0 Å². The maximum absolute atomic E-state index is 12.1. The van der Waals surface area contributed by atoms with Gasteiger partial charge in [-0.1, -0.05) is 11.6 Å². The number of pyridine rings is 1. The molecule has 1 aromatic heterocycles. The molecule has 2 aromatic rings. The second-order valence-electron chi connectivity index (χ2n) is 4.05. The Balaban J connectivity index is 2.41. The normalized spacial score (nSPS) is 11.1. The Hall–Kier alpha value is -2.32. The van der Waals surface area contributed by atoms with Gasteiger partial charge in [-0.3, -0.25) is 14.3 Å². The van der Waals surface area contributed by atoms with E-state index < -0.39 is 21.5 Å². The van der Waals surface area contributed by atoms with E-state index in [9.17, 15) is 18.0 Å². The second kappa shape index (κ2) is 5.58. The Kier molecular flexibility index (Phi) is 4.01. The predicted molar refractivity (Wildman–Crippen MR) is 77.8 cm³/mol. The standard InChI is InChI=1S/C12H10ClN3O4S/c13-9-3-1-7(12(14)18)5-10(9)16-21(19,20)8-2-4-11(17)15-6-8/h1-6,16H,(H2,14,18)(H,15,17). The smallest absolute Gasteiger partial charge is 0.263 e. The molecule has 21 heavy (non-hydrogen) atoms. The van der Waals surface area contributed by atoms with Gasteiger partial charge < -0.3 is 10.7 Å². The number of hydrogen-bond acceptors (Lipinski definition) is 4. The van der Waals surface area contributed by atoms with Crippen LogP contribution in [0.25, 0.3) is 0 Å². The van der Waals surface area contributed by atoms with Gasteiger partial charge in [0.25, 0.3) is 10.0 Å². The molecule has 0 atom stereocenters. The van der Waals surface area contributed by atoms with Crippen molar-refractivity contribution in [2.75, 3.05) is 4.72 Å². The lowest BCUT2D eigenvalue weighted by atomic mass is 10.2. The lowest BCUT2D eigenvalue weighted by Crippen LogP contribution is -2.16. The van der Waals surface area contributed by atoms with E-state index in [1.807, 2.05) is 0 Å². The average Bonchev–Trinajstić information content (AvgIpc) is 2.41. The van der Waals surface area contributed by atoms with E-state index >= 15 is 0 Å². The number of nitrogens with one attached hydrogen (secondary N) is 2. The van der Waals surface area contributed by atoms with Crippen LogP contribution in [0, 0.1) is 0 Å². The number of aromatic nitrogens is 1. The van der Waals surface area contributed by atoms with Crippen molar-refractivity contribution in [3.8, 4) is 0 Å². The number of sulfonamides is 1. The van der Waals surface area contributed by atoms with Crippen molar-refractivity contribution < 1.29 is 13.2 Å². The summed E-state index contributed by atoms with van der Waals surface area (Å²) >= 11 is 5.88. The van der Waals surface area contributed by atoms with Crippen molar-refractivity contribution in [2.45, 2.75) is 4.90 Å². The molecule has 7 nitrogen and oxygen atoms in total. The molecule has 0 unspecified atom stereocenters. The zero-order chi connectivity index (χ0) is 15.6. The number of rotatable bonds is 4. The molecule has 1 heterocycles. The fraction of sp³-hybridized carbons (Fsp3) is 0. The van der Waals surface area contributed by atoms with E-state index in [1.54, 1.807) is 0 Å². The van der Waals surface area contributed by atoms with Crippen LogP contribution in [0.15, 0.2) is 46.2 Å². The highest BCUT2D eigenvalue weighted by atomic mass is 35.5. The van der Waals surface area contributed by atoms with Crippen LogP contribution in [-0.4, -0.2) is 19.3 Å². The van der Waals surface area contributed by atoms with Crippen LogP contribution in [0.3, 0.4) is 0 Å². The quantitative estimate of drug-likeness (QED) is 0.773. The van der Waals surface area contributed by atoms with Crippen molar-refractivity contribution in [1.29, 1.82) is 0 Å². The molecule has 2 rings (SSSR count). The number of H-pyrrole nitrogens is 1. The van der Waals surface area contributed by atoms with Crippen molar-refractivity contribution >= 4 is 33.2 Å². The Morgan fingerprint density at radius 3 is 2.52 bits per heavy atom. The van der Waals surface area contributed by atoms with Crippen LogP contribution in [0.5, 0.6) is 0 Å². The van der Waals surface area contributed by atoms with Crippen molar-refractivity contribution in [3.05, 3.63) is 57.5 Å². The predicted octanol–water partition coefficient (Wildman–Crippen LogP) is 0.928. The fourth-order valence-electron chi connectivity index (χ4n) is 1.52. The van der Waals surface area contributed by atoms with Gasteiger partial charge in [0.05, 0.1) is 10.7 Å². The minimum atomic E-state index is -3.95. The van der Waals surface area contributed by atoms with E-state index in [-0.39, 0.29) is 21.2 Å². The first-order valence-electron chi connectivity index (χ1n) is 5.60. The number of hydrogen-bond donors (Lipinski definition) is 3. The number of halogens is 1. The average molecular weight is 328 g/mol. The third-order valence-corrected chi connectivity index (χ3v) is 4.25. The molecule has 4 N–H and O–H groups in total. The monoisotopic (exact) mass is 327 g/mol. The Labute approximate surface area is 124 Å². The SMILES string of the molecule is NC(=O)c1ccc(Cl)c(NS(=O)(=O)c2ccc(=O)[nH]c2)c1. The maximum atomic E-state index is 12.1. The number of nitrogens with two attached hydrogens (primary N) is 1. The van der Waals surface area contributed by atoms with Gasteiger partial charge in [-0.15, -0.1) is 0 Å². The van der Waals surface area contributed by atoms with E-state index in [4.69, 9.17) is 17.3 Å². The van der Waals surface area contributed by atoms with Gasteiger partial charge in [-0.2, -0.15) is 0 Å². The van der Waals surface area contributed by atoms with Gasteiger partial charge in [0, 0.05) is 17.8 Å². The fourth-order valence-corrected chi connectivity index (χ4v) is 2.78. The molecule has 0 bridgehead atoms. The van der Waals surface area contributed by atoms with Gasteiger partial charge in [-0.05, 0) is 24.3 Å². The highest BCUT2D eigenvalue weighted by Crippen LogP contribution is 2.25. The van der Waals surface area contributed by atoms with Crippen molar-refractivity contribution in [2.24, 2.45) is 5.73 Å². The summed E-state index contributed by atoms with van der Waals surface area (Å²) in [6.07, 6.45) is 1.05. The molecule has 0 fully saturated rings.